The van der Waals surface area contributed by atoms with Crippen molar-refractivity contribution in [2.24, 2.45) is 0 Å². The molecular formula is C14H17N3O2. The topological polar surface area (TPSA) is 77.2 Å². The van der Waals surface area contributed by atoms with Crippen molar-refractivity contribution in [2.45, 2.75) is 38.1 Å². The van der Waals surface area contributed by atoms with Crippen molar-refractivity contribution >= 4 is 11.7 Å². The number of hydrogen-bond donors (Lipinski definition) is 1. The summed E-state index contributed by atoms with van der Waals surface area (Å²) < 4.78 is 0. The maximum Gasteiger partial charge on any atom is 0.303 e. The fourth-order valence-electron chi connectivity index (χ4n) is 2.55. The highest BCUT2D eigenvalue weighted by molar-refractivity contribution is 5.66. The Bertz CT molecular complexity index is 478. The first-order chi connectivity index (χ1) is 9.20. The molecule has 1 aromatic rings. The van der Waals surface area contributed by atoms with E-state index in [9.17, 15) is 4.79 Å². The van der Waals surface area contributed by atoms with Crippen LogP contribution in [-0.4, -0.2) is 28.6 Å². The number of aromatic nitrogens is 1. The Morgan fingerprint density at radius 2 is 2.37 bits per heavy atom. The Hall–Kier alpha value is -2.09. The van der Waals surface area contributed by atoms with E-state index in [-0.39, 0.29) is 12.5 Å². The second-order valence-electron chi connectivity index (χ2n) is 4.79. The van der Waals surface area contributed by atoms with Crippen LogP contribution < -0.4 is 4.90 Å². The molecule has 0 aliphatic carbocycles. The van der Waals surface area contributed by atoms with Gasteiger partial charge in [-0.25, -0.2) is 4.98 Å². The van der Waals surface area contributed by atoms with Crippen LogP contribution in [0.2, 0.25) is 0 Å². The standard InChI is InChI=1S/C14H17N3O2/c15-9-11-4-5-13(10-16-11)17-8-2-1-3-12(17)6-7-14(18)19/h4-5,10,12H,1-3,6-8H2,(H,18,19). The van der Waals surface area contributed by atoms with Gasteiger partial charge in [0.25, 0.3) is 0 Å². The van der Waals surface area contributed by atoms with Crippen molar-refractivity contribution in [2.75, 3.05) is 11.4 Å². The summed E-state index contributed by atoms with van der Waals surface area (Å²) in [5.74, 6) is -0.747. The van der Waals surface area contributed by atoms with Gasteiger partial charge in [-0.3, -0.25) is 4.79 Å². The van der Waals surface area contributed by atoms with Crippen molar-refractivity contribution in [3.05, 3.63) is 24.0 Å². The summed E-state index contributed by atoms with van der Waals surface area (Å²) >= 11 is 0. The minimum atomic E-state index is -0.747. The summed E-state index contributed by atoms with van der Waals surface area (Å²) in [6.45, 7) is 0.928. The first-order valence-electron chi connectivity index (χ1n) is 6.55. The van der Waals surface area contributed by atoms with Crippen LogP contribution in [0.4, 0.5) is 5.69 Å². The fourth-order valence-corrected chi connectivity index (χ4v) is 2.55. The zero-order valence-electron chi connectivity index (χ0n) is 10.7. The van der Waals surface area contributed by atoms with E-state index in [0.29, 0.717) is 12.1 Å². The van der Waals surface area contributed by atoms with E-state index < -0.39 is 5.97 Å². The summed E-state index contributed by atoms with van der Waals surface area (Å²) in [5.41, 5.74) is 1.39. The van der Waals surface area contributed by atoms with Gasteiger partial charge in [0, 0.05) is 19.0 Å². The average molecular weight is 259 g/mol. The van der Waals surface area contributed by atoms with Gasteiger partial charge in [0.1, 0.15) is 11.8 Å². The van der Waals surface area contributed by atoms with E-state index in [0.717, 1.165) is 31.5 Å². The summed E-state index contributed by atoms with van der Waals surface area (Å²) in [4.78, 5) is 17.0. The Kier molecular flexibility index (Phi) is 4.35. The van der Waals surface area contributed by atoms with Gasteiger partial charge in [0.15, 0.2) is 0 Å². The summed E-state index contributed by atoms with van der Waals surface area (Å²) in [6, 6.07) is 5.86. The van der Waals surface area contributed by atoms with Crippen LogP contribution in [0.1, 0.15) is 37.8 Å². The molecule has 1 aromatic heterocycles. The van der Waals surface area contributed by atoms with Crippen LogP contribution in [-0.2, 0) is 4.79 Å². The lowest BCUT2D eigenvalue weighted by molar-refractivity contribution is -0.137. The predicted octanol–water partition coefficient (Wildman–Crippen LogP) is 2.18. The molecule has 0 bridgehead atoms. The van der Waals surface area contributed by atoms with E-state index in [2.05, 4.69) is 9.88 Å². The van der Waals surface area contributed by atoms with Crippen molar-refractivity contribution in [3.8, 4) is 6.07 Å². The van der Waals surface area contributed by atoms with Crippen LogP contribution in [0, 0.1) is 11.3 Å². The first kappa shape index (κ1) is 13.3. The molecule has 1 aliphatic heterocycles. The highest BCUT2D eigenvalue weighted by Gasteiger charge is 2.23. The molecular weight excluding hydrogens is 242 g/mol. The number of hydrogen-bond acceptors (Lipinski definition) is 4. The zero-order chi connectivity index (χ0) is 13.7. The molecule has 1 atom stereocenters. The molecule has 2 heterocycles. The van der Waals surface area contributed by atoms with E-state index in [4.69, 9.17) is 10.4 Å². The zero-order valence-corrected chi connectivity index (χ0v) is 10.7. The maximum absolute atomic E-state index is 10.7. The minimum Gasteiger partial charge on any atom is -0.481 e. The number of nitrogens with zero attached hydrogens (tertiary/aromatic N) is 3. The average Bonchev–Trinajstić information content (AvgIpc) is 2.45. The predicted molar refractivity (Wildman–Crippen MR) is 70.8 cm³/mol. The van der Waals surface area contributed by atoms with E-state index in [1.165, 1.54) is 0 Å². The molecule has 0 saturated carbocycles. The van der Waals surface area contributed by atoms with Crippen LogP contribution >= 0.6 is 0 Å². The minimum absolute atomic E-state index is 0.199. The summed E-state index contributed by atoms with van der Waals surface area (Å²) in [7, 11) is 0. The molecule has 1 saturated heterocycles. The third-order valence-corrected chi connectivity index (χ3v) is 3.51. The normalized spacial score (nSPS) is 18.9. The third kappa shape index (κ3) is 3.44. The van der Waals surface area contributed by atoms with Crippen LogP contribution in [0.25, 0.3) is 0 Å². The van der Waals surface area contributed by atoms with Gasteiger partial charge in [-0.2, -0.15) is 5.26 Å². The van der Waals surface area contributed by atoms with Crippen molar-refractivity contribution in [1.82, 2.24) is 4.98 Å². The third-order valence-electron chi connectivity index (χ3n) is 3.51. The van der Waals surface area contributed by atoms with Crippen molar-refractivity contribution in [1.29, 1.82) is 5.26 Å². The van der Waals surface area contributed by atoms with Gasteiger partial charge in [0.2, 0.25) is 0 Å². The van der Waals surface area contributed by atoms with Crippen LogP contribution in [0.3, 0.4) is 0 Å². The monoisotopic (exact) mass is 259 g/mol. The number of pyridine rings is 1. The van der Waals surface area contributed by atoms with Gasteiger partial charge < -0.3 is 10.0 Å². The molecule has 1 unspecified atom stereocenters. The van der Waals surface area contributed by atoms with E-state index >= 15 is 0 Å². The van der Waals surface area contributed by atoms with Gasteiger partial charge in [0.05, 0.1) is 11.9 Å². The SMILES string of the molecule is N#Cc1ccc(N2CCCCC2CCC(=O)O)cn1. The number of anilines is 1. The number of carboxylic acids is 1. The van der Waals surface area contributed by atoms with Crippen LogP contribution in [0.15, 0.2) is 18.3 Å². The number of nitriles is 1. The molecule has 0 spiro atoms. The quantitative estimate of drug-likeness (QED) is 0.896. The second kappa shape index (κ2) is 6.19. The highest BCUT2D eigenvalue weighted by Crippen LogP contribution is 2.26. The summed E-state index contributed by atoms with van der Waals surface area (Å²) in [5, 5.41) is 17.5. The smallest absolute Gasteiger partial charge is 0.303 e. The Balaban J connectivity index is 2.09. The molecule has 5 heteroatoms. The molecule has 0 aromatic carbocycles. The lowest BCUT2D eigenvalue weighted by atomic mass is 9.97. The maximum atomic E-state index is 10.7. The Morgan fingerprint density at radius 3 is 3.00 bits per heavy atom. The molecule has 1 aliphatic rings. The lowest BCUT2D eigenvalue weighted by Gasteiger charge is -2.37. The molecule has 100 valence electrons. The lowest BCUT2D eigenvalue weighted by Crippen LogP contribution is -2.39. The summed E-state index contributed by atoms with van der Waals surface area (Å²) in [6.07, 6.45) is 5.85. The number of aliphatic carboxylic acids is 1. The Morgan fingerprint density at radius 1 is 1.53 bits per heavy atom. The first-order valence-corrected chi connectivity index (χ1v) is 6.55. The second-order valence-corrected chi connectivity index (χ2v) is 4.79. The molecule has 1 fully saturated rings. The van der Waals surface area contributed by atoms with Gasteiger partial charge >= 0.3 is 5.97 Å². The molecule has 19 heavy (non-hydrogen) atoms. The van der Waals surface area contributed by atoms with Crippen molar-refractivity contribution in [3.63, 3.8) is 0 Å². The van der Waals surface area contributed by atoms with E-state index in [1.54, 1.807) is 12.3 Å². The molecule has 0 amide bonds. The fraction of sp³-hybridized carbons (Fsp3) is 0.500. The van der Waals surface area contributed by atoms with Gasteiger partial charge in [-0.05, 0) is 37.8 Å². The number of carbonyl (C=O) groups is 1. The van der Waals surface area contributed by atoms with Crippen LogP contribution in [0.5, 0.6) is 0 Å². The largest absolute Gasteiger partial charge is 0.481 e. The Labute approximate surface area is 112 Å². The van der Waals surface area contributed by atoms with E-state index in [1.807, 2.05) is 12.1 Å². The highest BCUT2D eigenvalue weighted by atomic mass is 16.4. The molecule has 0 radical (unpaired) electrons. The molecule has 5 nitrogen and oxygen atoms in total. The number of piperidine rings is 1. The molecule has 1 N–H and O–H groups in total. The van der Waals surface area contributed by atoms with Gasteiger partial charge in [-0.1, -0.05) is 0 Å². The van der Waals surface area contributed by atoms with Gasteiger partial charge in [-0.15, -0.1) is 0 Å². The number of rotatable bonds is 4. The van der Waals surface area contributed by atoms with Crippen molar-refractivity contribution < 1.29 is 9.90 Å². The number of carboxylic acid groups (broad SMARTS) is 1. The molecule has 2 rings (SSSR count).